The molecular weight excluding hydrogens is 589 g/mol. The summed E-state index contributed by atoms with van der Waals surface area (Å²) >= 11 is 1.89. The Bertz CT molecular complexity index is 2360. The number of hydrogen-bond acceptors (Lipinski definition) is 2. The maximum Gasteiger partial charge on any atom is 0.131 e. The average Bonchev–Trinajstić information content (AvgIpc) is 3.51. The molecule has 1 nitrogen and oxygen atoms in total. The van der Waals surface area contributed by atoms with Crippen LogP contribution in [0.2, 0.25) is 0 Å². The lowest BCUT2D eigenvalue weighted by molar-refractivity contribution is 0.427. The first-order valence-corrected chi connectivity index (χ1v) is 17.0. The van der Waals surface area contributed by atoms with Crippen molar-refractivity contribution >= 4 is 31.5 Å². The molecule has 0 radical (unpaired) electrons. The minimum atomic E-state index is -0.464. The quantitative estimate of drug-likeness (QED) is 0.190. The first-order chi connectivity index (χ1) is 23.1. The third kappa shape index (κ3) is 4.44. The van der Waals surface area contributed by atoms with Crippen LogP contribution >= 0.6 is 11.3 Å². The molecule has 0 spiro atoms. The zero-order valence-corrected chi connectivity index (χ0v) is 27.1. The summed E-state index contributed by atoms with van der Waals surface area (Å²) in [4.78, 5) is 0. The summed E-state index contributed by atoms with van der Waals surface area (Å²) in [6.45, 7) is 4.58. The normalized spacial score (nSPS) is 13.2. The molecule has 8 aromatic rings. The second-order valence-corrected chi connectivity index (χ2v) is 13.7. The van der Waals surface area contributed by atoms with Crippen molar-refractivity contribution in [1.29, 1.82) is 0 Å². The van der Waals surface area contributed by atoms with E-state index in [0.717, 1.165) is 11.5 Å². The van der Waals surface area contributed by atoms with E-state index in [1.807, 2.05) is 11.3 Å². The fourth-order valence-corrected chi connectivity index (χ4v) is 8.62. The summed E-state index contributed by atoms with van der Waals surface area (Å²) in [5.41, 5.74) is 11.8. The molecule has 0 fully saturated rings. The molecule has 1 aliphatic rings. The Morgan fingerprint density at radius 3 is 1.72 bits per heavy atom. The van der Waals surface area contributed by atoms with Crippen LogP contribution in [-0.2, 0) is 5.41 Å². The van der Waals surface area contributed by atoms with Gasteiger partial charge in [0.05, 0.1) is 0 Å². The Labute approximate surface area is 279 Å². The highest BCUT2D eigenvalue weighted by atomic mass is 32.1. The van der Waals surface area contributed by atoms with Gasteiger partial charge in [0.25, 0.3) is 0 Å². The van der Waals surface area contributed by atoms with E-state index in [-0.39, 0.29) is 0 Å². The molecule has 0 amide bonds. The topological polar surface area (TPSA) is 9.23 Å². The van der Waals surface area contributed by atoms with Gasteiger partial charge in [-0.1, -0.05) is 121 Å². The fourth-order valence-electron chi connectivity index (χ4n) is 7.41. The summed E-state index contributed by atoms with van der Waals surface area (Å²) in [5.74, 6) is 1.81. The number of aryl methyl sites for hydroxylation is 1. The molecule has 0 saturated heterocycles. The molecule has 0 unspecified atom stereocenters. The molecule has 2 heteroatoms. The van der Waals surface area contributed by atoms with Gasteiger partial charge < -0.3 is 4.74 Å². The maximum absolute atomic E-state index is 6.70. The standard InChI is InChI=1S/C45H32OS/c1-29-12-9-10-17-35(29)36-18-11-19-37-38-28-34(22-25-43(38)47-44(36)37)45(2)39-26-32(30-13-5-3-6-14-30)20-23-41(39)46-42-24-21-33(27-40(42)45)31-15-7-4-8-16-31/h3-28H,1-2H3. The van der Waals surface area contributed by atoms with Crippen molar-refractivity contribution in [3.63, 3.8) is 0 Å². The largest absolute Gasteiger partial charge is 0.457 e. The van der Waals surface area contributed by atoms with Gasteiger partial charge in [0.2, 0.25) is 0 Å². The van der Waals surface area contributed by atoms with E-state index in [2.05, 4.69) is 172 Å². The SMILES string of the molecule is Cc1ccccc1-c1cccc2c1sc1ccc(C3(C)c4cc(-c5ccccc5)ccc4Oc4ccc(-c5ccccc5)cc43)cc12. The summed E-state index contributed by atoms with van der Waals surface area (Å²) in [5, 5.41) is 2.60. The predicted molar refractivity (Wildman–Crippen MR) is 199 cm³/mol. The van der Waals surface area contributed by atoms with Crippen LogP contribution in [0.5, 0.6) is 11.5 Å². The van der Waals surface area contributed by atoms with Gasteiger partial charge in [-0.2, -0.15) is 0 Å². The summed E-state index contributed by atoms with van der Waals surface area (Å²) in [7, 11) is 0. The molecule has 2 heterocycles. The van der Waals surface area contributed by atoms with Crippen molar-refractivity contribution in [2.75, 3.05) is 0 Å². The van der Waals surface area contributed by atoms with Crippen LogP contribution in [0, 0.1) is 6.92 Å². The molecular formula is C45H32OS. The monoisotopic (exact) mass is 620 g/mol. The van der Waals surface area contributed by atoms with Gasteiger partial charge in [-0.25, -0.2) is 0 Å². The predicted octanol–water partition coefficient (Wildman–Crippen LogP) is 12.8. The van der Waals surface area contributed by atoms with Crippen molar-refractivity contribution in [2.24, 2.45) is 0 Å². The molecule has 0 saturated carbocycles. The van der Waals surface area contributed by atoms with Crippen molar-refractivity contribution in [2.45, 2.75) is 19.3 Å². The lowest BCUT2D eigenvalue weighted by atomic mass is 9.68. The average molecular weight is 621 g/mol. The number of fused-ring (bicyclic) bond motifs is 5. The Kier molecular flexibility index (Phi) is 6.41. The summed E-state index contributed by atoms with van der Waals surface area (Å²) in [6.07, 6.45) is 0. The minimum absolute atomic E-state index is 0.464. The van der Waals surface area contributed by atoms with E-state index in [0.29, 0.717) is 0 Å². The first-order valence-electron chi connectivity index (χ1n) is 16.2. The molecule has 47 heavy (non-hydrogen) atoms. The lowest BCUT2D eigenvalue weighted by Crippen LogP contribution is -2.29. The molecule has 1 aromatic heterocycles. The van der Waals surface area contributed by atoms with Gasteiger partial charge in [-0.15, -0.1) is 11.3 Å². The number of thiophene rings is 1. The lowest BCUT2D eigenvalue weighted by Gasteiger charge is -2.39. The molecule has 224 valence electrons. The smallest absolute Gasteiger partial charge is 0.131 e. The van der Waals surface area contributed by atoms with Gasteiger partial charge in [0, 0.05) is 36.7 Å². The summed E-state index contributed by atoms with van der Waals surface area (Å²) < 4.78 is 9.34. The molecule has 1 aliphatic heterocycles. The van der Waals surface area contributed by atoms with E-state index in [1.165, 1.54) is 75.8 Å². The maximum atomic E-state index is 6.70. The van der Waals surface area contributed by atoms with Crippen molar-refractivity contribution in [3.05, 3.63) is 180 Å². The molecule has 9 rings (SSSR count). The van der Waals surface area contributed by atoms with E-state index in [9.17, 15) is 0 Å². The van der Waals surface area contributed by atoms with Gasteiger partial charge in [0.15, 0.2) is 0 Å². The zero-order chi connectivity index (χ0) is 31.5. The molecule has 0 atom stereocenters. The van der Waals surface area contributed by atoms with Crippen molar-refractivity contribution in [1.82, 2.24) is 0 Å². The molecule has 0 N–H and O–H groups in total. The third-order valence-electron chi connectivity index (χ3n) is 9.98. The highest BCUT2D eigenvalue weighted by Crippen LogP contribution is 2.54. The van der Waals surface area contributed by atoms with Gasteiger partial charge in [0.1, 0.15) is 11.5 Å². The second kappa shape index (κ2) is 10.8. The number of ether oxygens (including phenoxy) is 1. The van der Waals surface area contributed by atoms with E-state index >= 15 is 0 Å². The van der Waals surface area contributed by atoms with Gasteiger partial charge >= 0.3 is 0 Å². The van der Waals surface area contributed by atoms with Crippen LogP contribution in [0.15, 0.2) is 158 Å². The van der Waals surface area contributed by atoms with Crippen LogP contribution in [0.4, 0.5) is 0 Å². The van der Waals surface area contributed by atoms with E-state index < -0.39 is 5.41 Å². The Morgan fingerprint density at radius 2 is 1.09 bits per heavy atom. The van der Waals surface area contributed by atoms with Crippen molar-refractivity contribution in [3.8, 4) is 44.9 Å². The second-order valence-electron chi connectivity index (χ2n) is 12.7. The molecule has 0 bridgehead atoms. The van der Waals surface area contributed by atoms with Crippen molar-refractivity contribution < 1.29 is 4.74 Å². The van der Waals surface area contributed by atoms with Gasteiger partial charge in [-0.05, 0) is 94.8 Å². The number of hydrogen-bond donors (Lipinski definition) is 0. The third-order valence-corrected chi connectivity index (χ3v) is 11.2. The highest BCUT2D eigenvalue weighted by molar-refractivity contribution is 7.26. The minimum Gasteiger partial charge on any atom is -0.457 e. The Balaban J connectivity index is 1.29. The fraction of sp³-hybridized carbons (Fsp3) is 0.0667. The molecule has 0 aliphatic carbocycles. The Morgan fingerprint density at radius 1 is 0.489 bits per heavy atom. The number of benzene rings is 7. The van der Waals surface area contributed by atoms with E-state index in [1.54, 1.807) is 0 Å². The molecule has 7 aromatic carbocycles. The van der Waals surface area contributed by atoms with Crippen LogP contribution in [0.25, 0.3) is 53.6 Å². The number of rotatable bonds is 4. The first kappa shape index (κ1) is 27.8. The van der Waals surface area contributed by atoms with Crippen LogP contribution < -0.4 is 4.74 Å². The highest BCUT2D eigenvalue weighted by Gasteiger charge is 2.40. The van der Waals surface area contributed by atoms with Crippen LogP contribution in [0.1, 0.15) is 29.2 Å². The summed E-state index contributed by atoms with van der Waals surface area (Å²) in [6, 6.07) is 57.2. The van der Waals surface area contributed by atoms with Crippen LogP contribution in [-0.4, -0.2) is 0 Å². The Hall–Kier alpha value is -5.44. The van der Waals surface area contributed by atoms with Gasteiger partial charge in [-0.3, -0.25) is 0 Å². The van der Waals surface area contributed by atoms with Crippen LogP contribution in [0.3, 0.4) is 0 Å². The zero-order valence-electron chi connectivity index (χ0n) is 26.3. The van der Waals surface area contributed by atoms with E-state index in [4.69, 9.17) is 4.74 Å².